The first kappa shape index (κ1) is 15.2. The van der Waals surface area contributed by atoms with Crippen LogP contribution in [0.3, 0.4) is 0 Å². The first-order valence-corrected chi connectivity index (χ1v) is 6.79. The number of carbonyl (C=O) groups excluding carboxylic acids is 1. The third-order valence-electron chi connectivity index (χ3n) is 3.35. The number of hydrogen-bond donors (Lipinski definition) is 2. The molecule has 1 amide bonds. The molecule has 1 atom stereocenters. The molecule has 114 valence electrons. The van der Waals surface area contributed by atoms with Gasteiger partial charge in [-0.3, -0.25) is 4.79 Å². The molecule has 7 nitrogen and oxygen atoms in total. The summed E-state index contributed by atoms with van der Waals surface area (Å²) in [5, 5.41) is 12.2. The fourth-order valence-corrected chi connectivity index (χ4v) is 2.20. The van der Waals surface area contributed by atoms with E-state index in [4.69, 9.17) is 9.84 Å². The Bertz CT molecular complexity index is 547. The zero-order valence-electron chi connectivity index (χ0n) is 12.1. The SMILES string of the molecule is CC(=O)N1CCOC(CNc2nc(C)ccc2C(=O)O)C1. The zero-order chi connectivity index (χ0) is 15.4. The quantitative estimate of drug-likeness (QED) is 0.851. The van der Waals surface area contributed by atoms with Crippen molar-refractivity contribution in [2.75, 3.05) is 31.6 Å². The molecule has 0 aliphatic carbocycles. The topological polar surface area (TPSA) is 91.8 Å². The van der Waals surface area contributed by atoms with E-state index in [1.165, 1.54) is 13.0 Å². The van der Waals surface area contributed by atoms with Gasteiger partial charge in [0.15, 0.2) is 0 Å². The maximum Gasteiger partial charge on any atom is 0.339 e. The Balaban J connectivity index is 2.01. The van der Waals surface area contributed by atoms with Crippen LogP contribution in [0, 0.1) is 6.92 Å². The molecule has 1 unspecified atom stereocenters. The maximum atomic E-state index is 11.4. The van der Waals surface area contributed by atoms with Gasteiger partial charge >= 0.3 is 5.97 Å². The number of nitrogens with one attached hydrogen (secondary N) is 1. The minimum Gasteiger partial charge on any atom is -0.478 e. The number of aromatic carboxylic acids is 1. The Kier molecular flexibility index (Phi) is 4.74. The standard InChI is InChI=1S/C14H19N3O4/c1-9-3-4-12(14(19)20)13(16-9)15-7-11-8-17(10(2)18)5-6-21-11/h3-4,11H,5-8H2,1-2H3,(H,15,16)(H,19,20). The van der Waals surface area contributed by atoms with Crippen molar-refractivity contribution in [2.45, 2.75) is 20.0 Å². The highest BCUT2D eigenvalue weighted by molar-refractivity contribution is 5.93. The summed E-state index contributed by atoms with van der Waals surface area (Å²) in [5.41, 5.74) is 0.859. The van der Waals surface area contributed by atoms with E-state index in [0.29, 0.717) is 32.1 Å². The molecule has 0 spiro atoms. The van der Waals surface area contributed by atoms with Crippen LogP contribution in [0.15, 0.2) is 12.1 Å². The lowest BCUT2D eigenvalue weighted by atomic mass is 10.2. The predicted octanol–water partition coefficient (Wildman–Crippen LogP) is 0.747. The smallest absolute Gasteiger partial charge is 0.339 e. The van der Waals surface area contributed by atoms with Gasteiger partial charge < -0.3 is 20.1 Å². The van der Waals surface area contributed by atoms with Gasteiger partial charge in [-0.2, -0.15) is 0 Å². The molecule has 21 heavy (non-hydrogen) atoms. The third-order valence-corrected chi connectivity index (χ3v) is 3.35. The third kappa shape index (κ3) is 3.91. The number of carboxylic acid groups (broad SMARTS) is 1. The lowest BCUT2D eigenvalue weighted by Crippen LogP contribution is -2.47. The number of morpholine rings is 1. The number of carboxylic acids is 1. The van der Waals surface area contributed by atoms with E-state index in [1.807, 2.05) is 0 Å². The van der Waals surface area contributed by atoms with Crippen LogP contribution in [0.1, 0.15) is 23.0 Å². The lowest BCUT2D eigenvalue weighted by Gasteiger charge is -2.32. The summed E-state index contributed by atoms with van der Waals surface area (Å²) in [6.45, 7) is 5.30. The Labute approximate surface area is 122 Å². The molecule has 0 bridgehead atoms. The van der Waals surface area contributed by atoms with Gasteiger partial charge in [-0.15, -0.1) is 0 Å². The summed E-state index contributed by atoms with van der Waals surface area (Å²) in [7, 11) is 0. The van der Waals surface area contributed by atoms with Crippen molar-refractivity contribution < 1.29 is 19.4 Å². The highest BCUT2D eigenvalue weighted by Gasteiger charge is 2.22. The van der Waals surface area contributed by atoms with Crippen molar-refractivity contribution in [1.29, 1.82) is 0 Å². The summed E-state index contributed by atoms with van der Waals surface area (Å²) in [4.78, 5) is 28.5. The highest BCUT2D eigenvalue weighted by Crippen LogP contribution is 2.14. The van der Waals surface area contributed by atoms with Crippen LogP contribution in [-0.2, 0) is 9.53 Å². The van der Waals surface area contributed by atoms with Crippen molar-refractivity contribution in [3.63, 3.8) is 0 Å². The van der Waals surface area contributed by atoms with Crippen LogP contribution in [-0.4, -0.2) is 59.2 Å². The van der Waals surface area contributed by atoms with E-state index in [-0.39, 0.29) is 17.6 Å². The largest absolute Gasteiger partial charge is 0.478 e. The van der Waals surface area contributed by atoms with E-state index < -0.39 is 5.97 Å². The Morgan fingerprint density at radius 2 is 2.29 bits per heavy atom. The van der Waals surface area contributed by atoms with Gasteiger partial charge in [-0.1, -0.05) is 0 Å². The molecule has 1 fully saturated rings. The van der Waals surface area contributed by atoms with Gasteiger partial charge in [-0.05, 0) is 19.1 Å². The average molecular weight is 293 g/mol. The van der Waals surface area contributed by atoms with Gasteiger partial charge in [0.25, 0.3) is 0 Å². The molecule has 0 radical (unpaired) electrons. The number of anilines is 1. The summed E-state index contributed by atoms with van der Waals surface area (Å²) in [6, 6.07) is 3.18. The molecular formula is C14H19N3O4. The second-order valence-electron chi connectivity index (χ2n) is 4.99. The van der Waals surface area contributed by atoms with E-state index in [1.54, 1.807) is 17.9 Å². The molecule has 2 rings (SSSR count). The highest BCUT2D eigenvalue weighted by atomic mass is 16.5. The van der Waals surface area contributed by atoms with E-state index in [0.717, 1.165) is 5.69 Å². The zero-order valence-corrected chi connectivity index (χ0v) is 12.1. The van der Waals surface area contributed by atoms with Gasteiger partial charge in [-0.25, -0.2) is 9.78 Å². The number of pyridine rings is 1. The molecule has 7 heteroatoms. The summed E-state index contributed by atoms with van der Waals surface area (Å²) >= 11 is 0. The number of nitrogens with zero attached hydrogens (tertiary/aromatic N) is 2. The van der Waals surface area contributed by atoms with Crippen molar-refractivity contribution in [1.82, 2.24) is 9.88 Å². The Morgan fingerprint density at radius 1 is 1.52 bits per heavy atom. The van der Waals surface area contributed by atoms with E-state index >= 15 is 0 Å². The minimum atomic E-state index is -1.03. The van der Waals surface area contributed by atoms with Gasteiger partial charge in [0.05, 0.1) is 12.7 Å². The number of amides is 1. The Morgan fingerprint density at radius 3 is 2.95 bits per heavy atom. The molecule has 1 aromatic heterocycles. The van der Waals surface area contributed by atoms with Gasteiger partial charge in [0, 0.05) is 32.3 Å². The van der Waals surface area contributed by atoms with Crippen molar-refractivity contribution in [3.8, 4) is 0 Å². The normalized spacial score (nSPS) is 18.4. The van der Waals surface area contributed by atoms with Crippen molar-refractivity contribution in [3.05, 3.63) is 23.4 Å². The number of hydrogen-bond acceptors (Lipinski definition) is 5. The number of rotatable bonds is 4. The summed E-state index contributed by atoms with van der Waals surface area (Å²) in [5.74, 6) is -0.686. The molecular weight excluding hydrogens is 274 g/mol. The fraction of sp³-hybridized carbons (Fsp3) is 0.500. The second-order valence-corrected chi connectivity index (χ2v) is 4.99. The number of aromatic nitrogens is 1. The van der Waals surface area contributed by atoms with Crippen LogP contribution in [0.2, 0.25) is 0 Å². The van der Waals surface area contributed by atoms with Crippen molar-refractivity contribution >= 4 is 17.7 Å². The fourth-order valence-electron chi connectivity index (χ4n) is 2.20. The molecule has 1 aliphatic heterocycles. The lowest BCUT2D eigenvalue weighted by molar-refractivity contribution is -0.135. The van der Waals surface area contributed by atoms with Gasteiger partial charge in [0.1, 0.15) is 11.4 Å². The molecule has 2 N–H and O–H groups in total. The second kappa shape index (κ2) is 6.53. The number of ether oxygens (including phenoxy) is 1. The first-order valence-electron chi connectivity index (χ1n) is 6.79. The molecule has 1 aromatic rings. The van der Waals surface area contributed by atoms with Crippen LogP contribution in [0.25, 0.3) is 0 Å². The van der Waals surface area contributed by atoms with Crippen LogP contribution < -0.4 is 5.32 Å². The molecule has 1 aliphatic rings. The van der Waals surface area contributed by atoms with E-state index in [9.17, 15) is 9.59 Å². The predicted molar refractivity (Wildman–Crippen MR) is 76.4 cm³/mol. The number of carbonyl (C=O) groups is 2. The maximum absolute atomic E-state index is 11.4. The van der Waals surface area contributed by atoms with Gasteiger partial charge in [0.2, 0.25) is 5.91 Å². The monoisotopic (exact) mass is 293 g/mol. The summed E-state index contributed by atoms with van der Waals surface area (Å²) < 4.78 is 5.58. The number of aryl methyl sites for hydroxylation is 1. The van der Waals surface area contributed by atoms with Crippen molar-refractivity contribution in [2.24, 2.45) is 0 Å². The van der Waals surface area contributed by atoms with Crippen LogP contribution in [0.4, 0.5) is 5.82 Å². The van der Waals surface area contributed by atoms with Crippen LogP contribution in [0.5, 0.6) is 0 Å². The average Bonchev–Trinajstić information content (AvgIpc) is 2.45. The molecule has 1 saturated heterocycles. The molecule has 2 heterocycles. The van der Waals surface area contributed by atoms with Crippen LogP contribution >= 0.6 is 0 Å². The molecule has 0 aromatic carbocycles. The first-order chi connectivity index (χ1) is 9.97. The Hall–Kier alpha value is -2.15. The summed E-state index contributed by atoms with van der Waals surface area (Å²) in [6.07, 6.45) is -0.174. The minimum absolute atomic E-state index is 0.0169. The van der Waals surface area contributed by atoms with E-state index in [2.05, 4.69) is 10.3 Å². The molecule has 0 saturated carbocycles.